The third-order valence-electron chi connectivity index (χ3n) is 3.74. The van der Waals surface area contributed by atoms with E-state index in [2.05, 4.69) is 42.7 Å². The number of aliphatic hydroxyl groups is 1. The van der Waals surface area contributed by atoms with Crippen LogP contribution in [-0.4, -0.2) is 23.9 Å². The minimum Gasteiger partial charge on any atom is -0.497 e. The fourth-order valence-electron chi connectivity index (χ4n) is 2.66. The van der Waals surface area contributed by atoms with Crippen LogP contribution in [0.15, 0.2) is 41.1 Å². The van der Waals surface area contributed by atoms with Gasteiger partial charge < -0.3 is 15.2 Å². The van der Waals surface area contributed by atoms with Crippen LogP contribution in [0.2, 0.25) is 0 Å². The monoisotopic (exact) mass is 319 g/mol. The Labute approximate surface area is 137 Å². The Kier molecular flexibility index (Phi) is 5.62. The van der Waals surface area contributed by atoms with Gasteiger partial charge in [0.15, 0.2) is 0 Å². The molecule has 2 N–H and O–H groups in total. The Morgan fingerprint density at radius 1 is 1.23 bits per heavy atom. The molecule has 0 aliphatic rings. The topological polar surface area (TPSA) is 41.5 Å². The molecule has 0 spiro atoms. The molecule has 22 heavy (non-hydrogen) atoms. The molecule has 2 aromatic rings. The van der Waals surface area contributed by atoms with Crippen LogP contribution in [0, 0.1) is 0 Å². The lowest BCUT2D eigenvalue weighted by Crippen LogP contribution is -2.46. The fourth-order valence-corrected chi connectivity index (χ4v) is 3.36. The highest BCUT2D eigenvalue weighted by atomic mass is 32.1. The number of ether oxygens (including phenoxy) is 1. The van der Waals surface area contributed by atoms with E-state index in [-0.39, 0.29) is 11.6 Å². The molecule has 0 saturated carbocycles. The van der Waals surface area contributed by atoms with Crippen LogP contribution in [0.3, 0.4) is 0 Å². The number of aliphatic hydroxyl groups excluding tert-OH is 1. The van der Waals surface area contributed by atoms with Crippen molar-refractivity contribution in [3.63, 3.8) is 0 Å². The summed E-state index contributed by atoms with van der Waals surface area (Å²) in [5, 5.41) is 17.8. The van der Waals surface area contributed by atoms with Crippen LogP contribution >= 0.6 is 11.3 Å². The molecule has 1 aromatic carbocycles. The lowest BCUT2D eigenvalue weighted by molar-refractivity contribution is 0.126. The Hall–Kier alpha value is -1.36. The highest BCUT2D eigenvalue weighted by Gasteiger charge is 2.26. The van der Waals surface area contributed by atoms with Crippen molar-refractivity contribution >= 4 is 11.3 Å². The van der Waals surface area contributed by atoms with Crippen molar-refractivity contribution in [1.29, 1.82) is 0 Å². The maximum atomic E-state index is 10.1. The van der Waals surface area contributed by atoms with E-state index in [1.54, 1.807) is 18.4 Å². The molecular weight excluding hydrogens is 294 g/mol. The number of hydrogen-bond donors (Lipinski definition) is 2. The second kappa shape index (κ2) is 7.27. The van der Waals surface area contributed by atoms with Crippen molar-refractivity contribution in [3.05, 3.63) is 52.2 Å². The van der Waals surface area contributed by atoms with Gasteiger partial charge in [0.1, 0.15) is 5.75 Å². The lowest BCUT2D eigenvalue weighted by atomic mass is 9.92. The number of rotatable bonds is 7. The maximum Gasteiger partial charge on any atom is 0.118 e. The average molecular weight is 319 g/mol. The minimum absolute atomic E-state index is 0.0560. The molecule has 0 aliphatic carbocycles. The predicted molar refractivity (Wildman–Crippen MR) is 92.7 cm³/mol. The van der Waals surface area contributed by atoms with E-state index < -0.39 is 6.10 Å². The van der Waals surface area contributed by atoms with Crippen molar-refractivity contribution in [2.24, 2.45) is 0 Å². The normalized spacial score (nSPS) is 14.6. The van der Waals surface area contributed by atoms with Gasteiger partial charge >= 0.3 is 0 Å². The van der Waals surface area contributed by atoms with E-state index in [1.807, 2.05) is 24.4 Å². The first-order valence-corrected chi connectivity index (χ1v) is 8.46. The minimum atomic E-state index is -0.440. The average Bonchev–Trinajstić information content (AvgIpc) is 2.99. The van der Waals surface area contributed by atoms with Gasteiger partial charge in [-0.15, -0.1) is 0 Å². The molecule has 3 nitrogen and oxygen atoms in total. The molecule has 0 radical (unpaired) electrons. The number of methoxy groups -OCH3 is 1. The van der Waals surface area contributed by atoms with Gasteiger partial charge in [0.2, 0.25) is 0 Å². The number of hydrogen-bond acceptors (Lipinski definition) is 4. The van der Waals surface area contributed by atoms with Gasteiger partial charge in [-0.3, -0.25) is 0 Å². The Morgan fingerprint density at radius 2 is 1.91 bits per heavy atom. The summed E-state index contributed by atoms with van der Waals surface area (Å²) >= 11 is 1.65. The molecule has 4 heteroatoms. The Balaban J connectivity index is 2.07. The second-order valence-electron chi connectivity index (χ2n) is 6.33. The number of thiophene rings is 1. The maximum absolute atomic E-state index is 10.1. The molecule has 0 saturated heterocycles. The molecular formula is C18H25NO2S. The summed E-state index contributed by atoms with van der Waals surface area (Å²) in [5.74, 6) is 0.870. The van der Waals surface area contributed by atoms with E-state index in [1.165, 1.54) is 5.56 Å². The van der Waals surface area contributed by atoms with Crippen LogP contribution in [0.25, 0.3) is 0 Å². The van der Waals surface area contributed by atoms with Crippen LogP contribution in [0.1, 0.15) is 37.9 Å². The lowest BCUT2D eigenvalue weighted by Gasteiger charge is -2.33. The van der Waals surface area contributed by atoms with Gasteiger partial charge in [-0.25, -0.2) is 0 Å². The van der Waals surface area contributed by atoms with Gasteiger partial charge in [0, 0.05) is 5.54 Å². The molecule has 0 bridgehead atoms. The summed E-state index contributed by atoms with van der Waals surface area (Å²) in [6, 6.07) is 10.2. The van der Waals surface area contributed by atoms with Crippen molar-refractivity contribution in [2.75, 3.05) is 7.11 Å². The first-order chi connectivity index (χ1) is 10.4. The quantitative estimate of drug-likeness (QED) is 0.816. The first kappa shape index (κ1) is 17.0. The molecule has 2 rings (SSSR count). The Morgan fingerprint density at radius 3 is 2.41 bits per heavy atom. The fraction of sp³-hybridized carbons (Fsp3) is 0.444. The number of benzene rings is 1. The molecule has 2 atom stereocenters. The molecule has 1 aromatic heterocycles. The highest BCUT2D eigenvalue weighted by Crippen LogP contribution is 2.25. The van der Waals surface area contributed by atoms with Crippen molar-refractivity contribution in [2.45, 2.75) is 44.9 Å². The summed E-state index contributed by atoms with van der Waals surface area (Å²) in [7, 11) is 1.68. The zero-order valence-corrected chi connectivity index (χ0v) is 14.5. The van der Waals surface area contributed by atoms with Crippen LogP contribution in [-0.2, 0) is 6.42 Å². The molecule has 1 heterocycles. The molecule has 0 amide bonds. The van der Waals surface area contributed by atoms with E-state index in [0.717, 1.165) is 17.7 Å². The first-order valence-electron chi connectivity index (χ1n) is 7.52. The SMILES string of the molecule is COc1ccc(CC(C)(C)NC(c2ccsc2)C(C)O)cc1. The molecule has 120 valence electrons. The molecule has 0 fully saturated rings. The van der Waals surface area contributed by atoms with Gasteiger partial charge in [-0.1, -0.05) is 12.1 Å². The van der Waals surface area contributed by atoms with Crippen LogP contribution < -0.4 is 10.1 Å². The van der Waals surface area contributed by atoms with E-state index in [4.69, 9.17) is 4.74 Å². The third kappa shape index (κ3) is 4.57. The summed E-state index contributed by atoms with van der Waals surface area (Å²) in [6.45, 7) is 6.16. The van der Waals surface area contributed by atoms with Crippen molar-refractivity contribution in [3.8, 4) is 5.75 Å². The van der Waals surface area contributed by atoms with Crippen LogP contribution in [0.4, 0.5) is 0 Å². The van der Waals surface area contributed by atoms with Gasteiger partial charge in [-0.05, 0) is 67.3 Å². The van der Waals surface area contributed by atoms with Gasteiger partial charge in [0.05, 0.1) is 19.3 Å². The summed E-state index contributed by atoms with van der Waals surface area (Å²) in [5.41, 5.74) is 2.26. The van der Waals surface area contributed by atoms with Crippen molar-refractivity contribution in [1.82, 2.24) is 5.32 Å². The zero-order chi connectivity index (χ0) is 16.2. The Bertz CT molecular complexity index is 561. The van der Waals surface area contributed by atoms with Gasteiger partial charge in [0.25, 0.3) is 0 Å². The second-order valence-corrected chi connectivity index (χ2v) is 7.11. The zero-order valence-electron chi connectivity index (χ0n) is 13.7. The van der Waals surface area contributed by atoms with E-state index >= 15 is 0 Å². The largest absolute Gasteiger partial charge is 0.497 e. The van der Waals surface area contributed by atoms with Crippen LogP contribution in [0.5, 0.6) is 5.75 Å². The smallest absolute Gasteiger partial charge is 0.118 e. The highest BCUT2D eigenvalue weighted by molar-refractivity contribution is 7.07. The summed E-state index contributed by atoms with van der Waals surface area (Å²) in [6.07, 6.45) is 0.439. The van der Waals surface area contributed by atoms with Crippen molar-refractivity contribution < 1.29 is 9.84 Å². The van der Waals surface area contributed by atoms with Gasteiger partial charge in [-0.2, -0.15) is 11.3 Å². The molecule has 2 unspecified atom stereocenters. The van der Waals surface area contributed by atoms with E-state index in [9.17, 15) is 5.11 Å². The molecule has 0 aliphatic heterocycles. The summed E-state index contributed by atoms with van der Waals surface area (Å²) in [4.78, 5) is 0. The third-order valence-corrected chi connectivity index (χ3v) is 4.44. The summed E-state index contributed by atoms with van der Waals surface area (Å²) < 4.78 is 5.20. The number of nitrogens with one attached hydrogen (secondary N) is 1. The van der Waals surface area contributed by atoms with E-state index in [0.29, 0.717) is 0 Å². The predicted octanol–water partition coefficient (Wildman–Crippen LogP) is 3.79. The standard InChI is InChI=1S/C18H25NO2S/c1-13(20)17(15-9-10-22-12-15)19-18(2,3)11-14-5-7-16(21-4)8-6-14/h5-10,12-13,17,19-20H,11H2,1-4H3.